The second-order valence-corrected chi connectivity index (χ2v) is 7.97. The van der Waals surface area contributed by atoms with E-state index in [1.807, 2.05) is 33.8 Å². The van der Waals surface area contributed by atoms with Crippen molar-refractivity contribution in [2.45, 2.75) is 85.7 Å². The lowest BCUT2D eigenvalue weighted by molar-refractivity contribution is -0.116. The molecule has 3 heteroatoms. The zero-order chi connectivity index (χ0) is 20.6. The lowest BCUT2D eigenvalue weighted by Crippen LogP contribution is -2.52. The van der Waals surface area contributed by atoms with Crippen molar-refractivity contribution in [2.75, 3.05) is 7.11 Å². The minimum atomic E-state index is -0.0994. The fraction of sp³-hybridized carbons (Fsp3) is 0.792. The molecule has 0 aromatic carbocycles. The van der Waals surface area contributed by atoms with Crippen molar-refractivity contribution in [3.63, 3.8) is 0 Å². The van der Waals surface area contributed by atoms with Gasteiger partial charge in [0.25, 0.3) is 0 Å². The van der Waals surface area contributed by atoms with Crippen molar-refractivity contribution in [1.82, 2.24) is 0 Å². The average molecular weight is 379 g/mol. The summed E-state index contributed by atoms with van der Waals surface area (Å²) < 4.78 is 0. The Morgan fingerprint density at radius 2 is 1.67 bits per heavy atom. The Labute approximate surface area is 166 Å². The number of rotatable bonds is 0. The molecule has 0 aliphatic heterocycles. The molecule has 0 spiro atoms. The van der Waals surface area contributed by atoms with E-state index < -0.39 is 0 Å². The van der Waals surface area contributed by atoms with Gasteiger partial charge in [0.2, 0.25) is 0 Å². The zero-order valence-corrected chi connectivity index (χ0v) is 18.4. The fourth-order valence-electron chi connectivity index (χ4n) is 5.98. The number of allylic oxidation sites excluding steroid dienone is 4. The standard InChI is InChI=1S/C19H26O2.2C2H6.CH4O/c1-19-10-9-15-14-8-6-13(20)11-12(14)5-7-16(15)17(19)3-2-4-18(19)21;3*1-2/h6,8,11,14-18,21H,2-5,7,9-10H2,1H3;2*1-2H3;2H,1H3/t14?,15?,16?,17?,18?,19-;;;/m0.../s1. The summed E-state index contributed by atoms with van der Waals surface area (Å²) in [4.78, 5) is 11.6. The quantitative estimate of drug-likeness (QED) is 0.600. The maximum absolute atomic E-state index is 11.6. The second kappa shape index (κ2) is 11.2. The summed E-state index contributed by atoms with van der Waals surface area (Å²) in [5.74, 6) is 2.82. The maximum Gasteiger partial charge on any atom is 0.178 e. The van der Waals surface area contributed by atoms with E-state index in [9.17, 15) is 9.90 Å². The average Bonchev–Trinajstić information content (AvgIpc) is 2.73. The topological polar surface area (TPSA) is 57.5 Å². The van der Waals surface area contributed by atoms with Crippen LogP contribution in [0.1, 0.15) is 79.6 Å². The smallest absolute Gasteiger partial charge is 0.178 e. The molecule has 0 bridgehead atoms. The van der Waals surface area contributed by atoms with E-state index in [2.05, 4.69) is 13.0 Å². The summed E-state index contributed by atoms with van der Waals surface area (Å²) in [7, 11) is 1.00. The number of aliphatic hydroxyl groups excluding tert-OH is 2. The largest absolute Gasteiger partial charge is 0.400 e. The molecule has 6 atom stereocenters. The SMILES string of the molecule is CC.CC.CO.C[C@]12CCC3C4C=CC(=O)C=C4CCC3C1CCCC2O. The van der Waals surface area contributed by atoms with Gasteiger partial charge in [-0.25, -0.2) is 0 Å². The summed E-state index contributed by atoms with van der Waals surface area (Å²) in [5, 5.41) is 17.6. The summed E-state index contributed by atoms with van der Waals surface area (Å²) in [6.45, 7) is 10.3. The molecular weight excluding hydrogens is 336 g/mol. The Morgan fingerprint density at radius 1 is 1.00 bits per heavy atom. The second-order valence-electron chi connectivity index (χ2n) is 7.97. The molecule has 3 nitrogen and oxygen atoms in total. The van der Waals surface area contributed by atoms with Crippen LogP contribution < -0.4 is 0 Å². The van der Waals surface area contributed by atoms with Gasteiger partial charge in [0.15, 0.2) is 5.78 Å². The fourth-order valence-corrected chi connectivity index (χ4v) is 5.98. The van der Waals surface area contributed by atoms with Crippen molar-refractivity contribution < 1.29 is 15.0 Å². The van der Waals surface area contributed by atoms with Crippen molar-refractivity contribution in [1.29, 1.82) is 0 Å². The molecule has 4 aliphatic carbocycles. The molecule has 4 aliphatic rings. The first kappa shape index (κ1) is 24.1. The number of carbonyl (C=O) groups is 1. The maximum atomic E-state index is 11.6. The van der Waals surface area contributed by atoms with Crippen LogP contribution in [0.3, 0.4) is 0 Å². The monoisotopic (exact) mass is 378 g/mol. The minimum Gasteiger partial charge on any atom is -0.400 e. The summed E-state index contributed by atoms with van der Waals surface area (Å²) >= 11 is 0. The third kappa shape index (κ3) is 4.74. The van der Waals surface area contributed by atoms with Crippen molar-refractivity contribution >= 4 is 5.78 Å². The van der Waals surface area contributed by atoms with Gasteiger partial charge in [0.1, 0.15) is 0 Å². The molecule has 4 rings (SSSR count). The highest BCUT2D eigenvalue weighted by Gasteiger charge is 2.53. The van der Waals surface area contributed by atoms with Crippen LogP contribution in [-0.4, -0.2) is 29.2 Å². The third-order valence-corrected chi connectivity index (χ3v) is 7.14. The summed E-state index contributed by atoms with van der Waals surface area (Å²) in [6, 6.07) is 0. The lowest BCUT2D eigenvalue weighted by atomic mass is 9.48. The molecule has 0 saturated heterocycles. The van der Waals surface area contributed by atoms with E-state index in [4.69, 9.17) is 5.11 Å². The molecule has 0 radical (unpaired) electrons. The molecule has 0 aromatic heterocycles. The van der Waals surface area contributed by atoms with Gasteiger partial charge in [-0.1, -0.05) is 52.7 Å². The normalized spacial score (nSPS) is 38.7. The van der Waals surface area contributed by atoms with Gasteiger partial charge >= 0.3 is 0 Å². The van der Waals surface area contributed by atoms with Gasteiger partial charge in [0.05, 0.1) is 6.10 Å². The van der Waals surface area contributed by atoms with E-state index in [1.54, 1.807) is 6.08 Å². The molecular formula is C24H42O3. The minimum absolute atomic E-state index is 0.0994. The molecule has 3 saturated carbocycles. The Kier molecular flexibility index (Phi) is 9.97. The molecule has 156 valence electrons. The van der Waals surface area contributed by atoms with Crippen LogP contribution in [-0.2, 0) is 4.79 Å². The highest BCUT2D eigenvalue weighted by molar-refractivity contribution is 6.00. The molecule has 27 heavy (non-hydrogen) atoms. The van der Waals surface area contributed by atoms with E-state index >= 15 is 0 Å². The van der Waals surface area contributed by atoms with Crippen LogP contribution >= 0.6 is 0 Å². The first-order valence-electron chi connectivity index (χ1n) is 11.1. The van der Waals surface area contributed by atoms with Crippen LogP contribution in [0.5, 0.6) is 0 Å². The van der Waals surface area contributed by atoms with Crippen molar-refractivity contribution in [3.05, 3.63) is 23.8 Å². The molecule has 0 heterocycles. The summed E-state index contributed by atoms with van der Waals surface area (Å²) in [5.41, 5.74) is 1.53. The predicted molar refractivity (Wildman–Crippen MR) is 113 cm³/mol. The third-order valence-electron chi connectivity index (χ3n) is 7.14. The van der Waals surface area contributed by atoms with Crippen molar-refractivity contribution in [3.8, 4) is 0 Å². The zero-order valence-electron chi connectivity index (χ0n) is 18.4. The highest BCUT2D eigenvalue weighted by atomic mass is 16.3. The first-order chi connectivity index (χ1) is 13.1. The number of hydrogen-bond acceptors (Lipinski definition) is 3. The van der Waals surface area contributed by atoms with Crippen LogP contribution in [0.15, 0.2) is 23.8 Å². The Balaban J connectivity index is 0.000000556. The Bertz CT molecular complexity index is 522. The Morgan fingerprint density at radius 3 is 2.33 bits per heavy atom. The van der Waals surface area contributed by atoms with Crippen LogP contribution in [0.25, 0.3) is 0 Å². The van der Waals surface area contributed by atoms with E-state index in [0.717, 1.165) is 32.3 Å². The predicted octanol–water partition coefficient (Wildman–Crippen LogP) is 5.32. The number of carbonyl (C=O) groups excluding carboxylic acids is 1. The summed E-state index contributed by atoms with van der Waals surface area (Å²) in [6.07, 6.45) is 13.9. The van der Waals surface area contributed by atoms with E-state index in [1.165, 1.54) is 31.3 Å². The number of ketones is 1. The first-order valence-corrected chi connectivity index (χ1v) is 11.1. The molecule has 2 N–H and O–H groups in total. The Hall–Kier alpha value is -0.930. The highest BCUT2D eigenvalue weighted by Crippen LogP contribution is 2.59. The van der Waals surface area contributed by atoms with Gasteiger partial charge in [-0.05, 0) is 73.8 Å². The van der Waals surface area contributed by atoms with Crippen LogP contribution in [0.4, 0.5) is 0 Å². The molecule has 3 fully saturated rings. The van der Waals surface area contributed by atoms with Gasteiger partial charge in [-0.3, -0.25) is 4.79 Å². The van der Waals surface area contributed by atoms with Gasteiger partial charge in [0, 0.05) is 13.0 Å². The van der Waals surface area contributed by atoms with E-state index in [0.29, 0.717) is 17.8 Å². The number of fused-ring (bicyclic) bond motifs is 5. The lowest BCUT2D eigenvalue weighted by Gasteiger charge is -2.57. The van der Waals surface area contributed by atoms with Gasteiger partial charge in [-0.2, -0.15) is 0 Å². The van der Waals surface area contributed by atoms with Crippen LogP contribution in [0, 0.1) is 29.1 Å². The number of aliphatic hydroxyl groups is 2. The van der Waals surface area contributed by atoms with Crippen LogP contribution in [0.2, 0.25) is 0 Å². The molecule has 0 aromatic rings. The van der Waals surface area contributed by atoms with E-state index in [-0.39, 0.29) is 17.3 Å². The van der Waals surface area contributed by atoms with Crippen molar-refractivity contribution in [2.24, 2.45) is 29.1 Å². The van der Waals surface area contributed by atoms with Gasteiger partial charge in [-0.15, -0.1) is 0 Å². The number of hydrogen-bond donors (Lipinski definition) is 2. The molecule has 0 amide bonds. The molecule has 5 unspecified atom stereocenters. The van der Waals surface area contributed by atoms with Gasteiger partial charge < -0.3 is 10.2 Å².